The second-order valence-electron chi connectivity index (χ2n) is 4.63. The first kappa shape index (κ1) is 15.9. The summed E-state index contributed by atoms with van der Waals surface area (Å²) >= 11 is 9.40. The van der Waals surface area contributed by atoms with Crippen molar-refractivity contribution < 1.29 is 9.53 Å². The van der Waals surface area contributed by atoms with Crippen molar-refractivity contribution in [1.29, 1.82) is 0 Å². The van der Waals surface area contributed by atoms with Crippen LogP contribution in [0.5, 0.6) is 0 Å². The fourth-order valence-electron chi connectivity index (χ4n) is 1.95. The van der Waals surface area contributed by atoms with E-state index in [1.807, 2.05) is 43.3 Å². The fraction of sp³-hybridized carbons (Fsp3) is 0.188. The molecule has 0 aliphatic heterocycles. The molecule has 0 heterocycles. The molecule has 2 rings (SSSR count). The maximum Gasteiger partial charge on any atom is 0.339 e. The predicted molar refractivity (Wildman–Crippen MR) is 89.0 cm³/mol. The van der Waals surface area contributed by atoms with Crippen LogP contribution in [-0.2, 0) is 11.3 Å². The highest BCUT2D eigenvalue weighted by atomic mass is 79.9. The topological polar surface area (TPSA) is 38.3 Å². The Morgan fingerprint density at radius 1 is 1.29 bits per heavy atom. The van der Waals surface area contributed by atoms with Crippen molar-refractivity contribution in [2.24, 2.45) is 0 Å². The normalized spacial score (nSPS) is 10.3. The zero-order valence-electron chi connectivity index (χ0n) is 11.7. The summed E-state index contributed by atoms with van der Waals surface area (Å²) in [5.74, 6) is -0.351. The maximum absolute atomic E-state index is 11.8. The lowest BCUT2D eigenvalue weighted by Crippen LogP contribution is -2.09. The number of halogens is 2. The number of benzene rings is 2. The molecule has 0 aliphatic rings. The van der Waals surface area contributed by atoms with Gasteiger partial charge in [-0.05, 0) is 36.8 Å². The molecule has 0 atom stereocenters. The van der Waals surface area contributed by atoms with Crippen LogP contribution in [0.2, 0.25) is 5.02 Å². The molecule has 21 heavy (non-hydrogen) atoms. The van der Waals surface area contributed by atoms with Crippen LogP contribution in [0.4, 0.5) is 5.69 Å². The Hall–Kier alpha value is -1.52. The minimum absolute atomic E-state index is 0.351. The molecular formula is C16H15BrClNO2. The van der Waals surface area contributed by atoms with Crippen LogP contribution in [0.3, 0.4) is 0 Å². The van der Waals surface area contributed by atoms with Gasteiger partial charge in [-0.3, -0.25) is 0 Å². The third kappa shape index (κ3) is 3.99. The number of carbonyl (C=O) groups is 1. The molecule has 110 valence electrons. The Kier molecular flexibility index (Phi) is 5.26. The van der Waals surface area contributed by atoms with Crippen LogP contribution in [0.15, 0.2) is 40.9 Å². The van der Waals surface area contributed by atoms with Gasteiger partial charge in [-0.15, -0.1) is 0 Å². The summed E-state index contributed by atoms with van der Waals surface area (Å²) in [5, 5.41) is 3.94. The van der Waals surface area contributed by atoms with E-state index in [2.05, 4.69) is 21.2 Å². The van der Waals surface area contributed by atoms with E-state index in [-0.39, 0.29) is 5.97 Å². The lowest BCUT2D eigenvalue weighted by molar-refractivity contribution is 0.0601. The van der Waals surface area contributed by atoms with Crippen LogP contribution in [-0.4, -0.2) is 13.1 Å². The third-order valence-electron chi connectivity index (χ3n) is 3.06. The van der Waals surface area contributed by atoms with Crippen molar-refractivity contribution in [2.75, 3.05) is 12.4 Å². The lowest BCUT2D eigenvalue weighted by Gasteiger charge is -2.12. The molecule has 0 aromatic heterocycles. The van der Waals surface area contributed by atoms with Gasteiger partial charge >= 0.3 is 5.97 Å². The highest BCUT2D eigenvalue weighted by Gasteiger charge is 2.12. The Morgan fingerprint density at radius 2 is 2.05 bits per heavy atom. The smallest absolute Gasteiger partial charge is 0.339 e. The first-order valence-corrected chi connectivity index (χ1v) is 7.55. The van der Waals surface area contributed by atoms with E-state index in [1.54, 1.807) is 0 Å². The summed E-state index contributed by atoms with van der Waals surface area (Å²) in [7, 11) is 1.38. The minimum atomic E-state index is -0.351. The molecule has 0 bridgehead atoms. The van der Waals surface area contributed by atoms with E-state index in [0.717, 1.165) is 21.3 Å². The number of aryl methyl sites for hydroxylation is 1. The summed E-state index contributed by atoms with van der Waals surface area (Å²) < 4.78 is 5.74. The second kappa shape index (κ2) is 6.96. The van der Waals surface area contributed by atoms with E-state index in [0.29, 0.717) is 17.1 Å². The average Bonchev–Trinajstić information content (AvgIpc) is 2.46. The number of nitrogens with one attached hydrogen (secondary N) is 1. The van der Waals surface area contributed by atoms with Gasteiger partial charge in [0.05, 0.1) is 12.7 Å². The van der Waals surface area contributed by atoms with Gasteiger partial charge in [-0.25, -0.2) is 4.79 Å². The first-order chi connectivity index (χ1) is 10.0. The van der Waals surface area contributed by atoms with Crippen LogP contribution in [0, 0.1) is 6.92 Å². The van der Waals surface area contributed by atoms with Crippen LogP contribution in [0.25, 0.3) is 0 Å². The predicted octanol–water partition coefficient (Wildman–Crippen LogP) is 4.81. The van der Waals surface area contributed by atoms with Gasteiger partial charge in [0.2, 0.25) is 0 Å². The van der Waals surface area contributed by atoms with Crippen molar-refractivity contribution in [3.8, 4) is 0 Å². The number of ether oxygens (including phenoxy) is 1. The number of hydrogen-bond acceptors (Lipinski definition) is 3. The van der Waals surface area contributed by atoms with E-state index in [4.69, 9.17) is 16.3 Å². The van der Waals surface area contributed by atoms with Crippen molar-refractivity contribution in [2.45, 2.75) is 13.5 Å². The minimum Gasteiger partial charge on any atom is -0.465 e. The molecule has 0 saturated heterocycles. The number of anilines is 1. The Balaban J connectivity index is 2.21. The number of methoxy groups -OCH3 is 1. The van der Waals surface area contributed by atoms with Gasteiger partial charge in [0.1, 0.15) is 0 Å². The highest BCUT2D eigenvalue weighted by molar-refractivity contribution is 9.10. The van der Waals surface area contributed by atoms with E-state index in [1.165, 1.54) is 7.11 Å². The van der Waals surface area contributed by atoms with E-state index in [9.17, 15) is 4.79 Å². The quantitative estimate of drug-likeness (QED) is 0.787. The average molecular weight is 369 g/mol. The SMILES string of the molecule is COC(=O)c1cc(C)ccc1NCc1ccc(Cl)cc1Br. The molecule has 2 aromatic rings. The molecular weight excluding hydrogens is 354 g/mol. The number of hydrogen-bond donors (Lipinski definition) is 1. The van der Waals surface area contributed by atoms with Crippen molar-refractivity contribution in [1.82, 2.24) is 0 Å². The summed E-state index contributed by atoms with van der Waals surface area (Å²) in [4.78, 5) is 11.8. The maximum atomic E-state index is 11.8. The molecule has 0 spiro atoms. The number of rotatable bonds is 4. The van der Waals surface area contributed by atoms with Gasteiger partial charge < -0.3 is 10.1 Å². The summed E-state index contributed by atoms with van der Waals surface area (Å²) in [6.07, 6.45) is 0. The zero-order chi connectivity index (χ0) is 15.4. The molecule has 1 N–H and O–H groups in total. The fourth-order valence-corrected chi connectivity index (χ4v) is 2.77. The van der Waals surface area contributed by atoms with Gasteiger partial charge in [0, 0.05) is 21.7 Å². The lowest BCUT2D eigenvalue weighted by atomic mass is 10.1. The third-order valence-corrected chi connectivity index (χ3v) is 4.04. The monoisotopic (exact) mass is 367 g/mol. The molecule has 0 saturated carbocycles. The van der Waals surface area contributed by atoms with Crippen LogP contribution >= 0.6 is 27.5 Å². The Bertz CT molecular complexity index is 673. The van der Waals surface area contributed by atoms with Gasteiger partial charge in [0.25, 0.3) is 0 Å². The summed E-state index contributed by atoms with van der Waals surface area (Å²) in [6, 6.07) is 11.3. The van der Waals surface area contributed by atoms with Crippen molar-refractivity contribution >= 4 is 39.2 Å². The number of esters is 1. The molecule has 5 heteroatoms. The molecule has 2 aromatic carbocycles. The molecule has 0 amide bonds. The van der Waals surface area contributed by atoms with Crippen molar-refractivity contribution in [3.05, 3.63) is 62.6 Å². The molecule has 0 radical (unpaired) electrons. The van der Waals surface area contributed by atoms with Gasteiger partial charge in [-0.2, -0.15) is 0 Å². The molecule has 0 unspecified atom stereocenters. The summed E-state index contributed by atoms with van der Waals surface area (Å²) in [6.45, 7) is 2.51. The molecule has 0 aliphatic carbocycles. The van der Waals surface area contributed by atoms with Crippen molar-refractivity contribution in [3.63, 3.8) is 0 Å². The second-order valence-corrected chi connectivity index (χ2v) is 5.92. The van der Waals surface area contributed by atoms with E-state index >= 15 is 0 Å². The van der Waals surface area contributed by atoms with Crippen LogP contribution < -0.4 is 5.32 Å². The number of carbonyl (C=O) groups excluding carboxylic acids is 1. The standard InChI is InChI=1S/C16H15BrClNO2/c1-10-3-6-15(13(7-10)16(20)21-2)19-9-11-4-5-12(18)8-14(11)17/h3-8,19H,9H2,1-2H3. The summed E-state index contributed by atoms with van der Waals surface area (Å²) in [5.41, 5.74) is 3.33. The first-order valence-electron chi connectivity index (χ1n) is 6.38. The van der Waals surface area contributed by atoms with E-state index < -0.39 is 0 Å². The molecule has 0 fully saturated rings. The zero-order valence-corrected chi connectivity index (χ0v) is 14.1. The molecule has 3 nitrogen and oxygen atoms in total. The Morgan fingerprint density at radius 3 is 2.71 bits per heavy atom. The van der Waals surface area contributed by atoms with Gasteiger partial charge in [0.15, 0.2) is 0 Å². The van der Waals surface area contributed by atoms with Gasteiger partial charge in [-0.1, -0.05) is 45.2 Å². The Labute approximate surface area is 137 Å². The van der Waals surface area contributed by atoms with Crippen LogP contribution in [0.1, 0.15) is 21.5 Å². The largest absolute Gasteiger partial charge is 0.465 e. The highest BCUT2D eigenvalue weighted by Crippen LogP contribution is 2.24.